The van der Waals surface area contributed by atoms with Gasteiger partial charge >= 0.3 is 0 Å². The number of hydrogen-bond donors (Lipinski definition) is 1. The van der Waals surface area contributed by atoms with Crippen LogP contribution in [0.4, 0.5) is 5.69 Å². The van der Waals surface area contributed by atoms with Gasteiger partial charge in [0.15, 0.2) is 0 Å². The number of likely N-dealkylation sites (tertiary alicyclic amines) is 1. The monoisotopic (exact) mass is 340 g/mol. The zero-order valence-corrected chi connectivity index (χ0v) is 13.6. The largest absolute Gasteiger partial charge is 0.495 e. The highest BCUT2D eigenvalue weighted by molar-refractivity contribution is 6.32. The Morgan fingerprint density at radius 3 is 2.35 bits per heavy atom. The van der Waals surface area contributed by atoms with E-state index in [1.165, 1.54) is 20.3 Å². The predicted molar refractivity (Wildman–Crippen MR) is 83.8 cm³/mol. The Morgan fingerprint density at radius 2 is 1.78 bits per heavy atom. The van der Waals surface area contributed by atoms with Gasteiger partial charge in [-0.2, -0.15) is 0 Å². The summed E-state index contributed by atoms with van der Waals surface area (Å²) in [4.78, 5) is 36.2. The Kier molecular flexibility index (Phi) is 5.44. The average Bonchev–Trinajstić information content (AvgIpc) is 2.85. The molecule has 0 saturated carbocycles. The molecule has 1 heterocycles. The molecule has 0 unspecified atom stereocenters. The number of ether oxygens (including phenoxy) is 2. The van der Waals surface area contributed by atoms with Crippen LogP contribution in [0.1, 0.15) is 19.3 Å². The number of hydrogen-bond acceptors (Lipinski definition) is 5. The topological polar surface area (TPSA) is 84.9 Å². The Hall–Kier alpha value is -2.28. The summed E-state index contributed by atoms with van der Waals surface area (Å²) in [5.41, 5.74) is 0.401. The minimum absolute atomic E-state index is 0.00553. The maximum Gasteiger partial charge on any atom is 0.229 e. The van der Waals surface area contributed by atoms with Gasteiger partial charge in [0.1, 0.15) is 11.5 Å². The minimum Gasteiger partial charge on any atom is -0.495 e. The van der Waals surface area contributed by atoms with E-state index in [0.29, 0.717) is 22.2 Å². The number of imide groups is 1. The molecule has 0 atom stereocenters. The van der Waals surface area contributed by atoms with Crippen molar-refractivity contribution < 1.29 is 23.9 Å². The summed E-state index contributed by atoms with van der Waals surface area (Å²) in [5.74, 6) is -0.0487. The van der Waals surface area contributed by atoms with Crippen LogP contribution in [0.3, 0.4) is 0 Å². The van der Waals surface area contributed by atoms with E-state index in [4.69, 9.17) is 21.1 Å². The molecule has 1 aromatic rings. The molecule has 0 spiro atoms. The van der Waals surface area contributed by atoms with E-state index < -0.39 is 0 Å². The summed E-state index contributed by atoms with van der Waals surface area (Å²) in [6, 6.07) is 3.08. The summed E-state index contributed by atoms with van der Waals surface area (Å²) in [7, 11) is 2.92. The number of anilines is 1. The van der Waals surface area contributed by atoms with E-state index in [0.717, 1.165) is 4.90 Å². The van der Waals surface area contributed by atoms with Gasteiger partial charge in [-0.15, -0.1) is 0 Å². The summed E-state index contributed by atoms with van der Waals surface area (Å²) in [5, 5.41) is 3.02. The van der Waals surface area contributed by atoms with Crippen LogP contribution in [0, 0.1) is 0 Å². The molecule has 8 heteroatoms. The van der Waals surface area contributed by atoms with Gasteiger partial charge in [-0.05, 0) is 0 Å². The van der Waals surface area contributed by atoms with E-state index in [2.05, 4.69) is 5.32 Å². The molecule has 1 saturated heterocycles. The number of rotatable bonds is 6. The van der Waals surface area contributed by atoms with Crippen molar-refractivity contribution in [2.24, 2.45) is 0 Å². The Bertz CT molecular complexity index is 631. The van der Waals surface area contributed by atoms with Crippen LogP contribution < -0.4 is 14.8 Å². The molecular formula is C15H17ClN2O5. The number of benzene rings is 1. The highest BCUT2D eigenvalue weighted by atomic mass is 35.5. The second-order valence-corrected chi connectivity index (χ2v) is 5.33. The van der Waals surface area contributed by atoms with Crippen molar-refractivity contribution in [2.45, 2.75) is 19.3 Å². The van der Waals surface area contributed by atoms with Crippen LogP contribution in [0.2, 0.25) is 5.02 Å². The van der Waals surface area contributed by atoms with Crippen LogP contribution in [-0.2, 0) is 14.4 Å². The van der Waals surface area contributed by atoms with Crippen molar-refractivity contribution in [1.29, 1.82) is 0 Å². The first-order chi connectivity index (χ1) is 11.0. The lowest BCUT2D eigenvalue weighted by atomic mass is 10.2. The van der Waals surface area contributed by atoms with Crippen molar-refractivity contribution in [2.75, 3.05) is 26.1 Å². The maximum atomic E-state index is 12.0. The van der Waals surface area contributed by atoms with Gasteiger partial charge in [-0.25, -0.2) is 0 Å². The summed E-state index contributed by atoms with van der Waals surface area (Å²) in [6.45, 7) is 0.0660. The van der Waals surface area contributed by atoms with Crippen LogP contribution in [0.5, 0.6) is 11.5 Å². The molecule has 1 N–H and O–H groups in total. The van der Waals surface area contributed by atoms with Gasteiger partial charge in [-0.1, -0.05) is 11.6 Å². The number of carbonyl (C=O) groups is 3. The lowest BCUT2D eigenvalue weighted by Crippen LogP contribution is -2.32. The molecule has 1 fully saturated rings. The number of carbonyl (C=O) groups excluding carboxylic acids is 3. The van der Waals surface area contributed by atoms with Crippen molar-refractivity contribution >= 4 is 35.0 Å². The lowest BCUT2D eigenvalue weighted by molar-refractivity contribution is -0.138. The molecule has 124 valence electrons. The zero-order chi connectivity index (χ0) is 17.0. The molecule has 2 rings (SSSR count). The van der Waals surface area contributed by atoms with Gasteiger partial charge in [0.2, 0.25) is 17.7 Å². The first-order valence-electron chi connectivity index (χ1n) is 7.00. The Balaban J connectivity index is 2.02. The maximum absolute atomic E-state index is 12.0. The first kappa shape index (κ1) is 17.1. The van der Waals surface area contributed by atoms with E-state index in [9.17, 15) is 14.4 Å². The number of nitrogens with one attached hydrogen (secondary N) is 1. The van der Waals surface area contributed by atoms with Crippen LogP contribution in [-0.4, -0.2) is 43.4 Å². The summed E-state index contributed by atoms with van der Waals surface area (Å²) >= 11 is 6.00. The van der Waals surface area contributed by atoms with Gasteiger partial charge in [0.25, 0.3) is 0 Å². The smallest absolute Gasteiger partial charge is 0.229 e. The number of amides is 3. The molecule has 0 aromatic heterocycles. The van der Waals surface area contributed by atoms with Crippen LogP contribution in [0.25, 0.3) is 0 Å². The Labute approximate surface area is 138 Å². The third-order valence-corrected chi connectivity index (χ3v) is 3.76. The molecular weight excluding hydrogens is 324 g/mol. The molecule has 0 aliphatic carbocycles. The Morgan fingerprint density at radius 1 is 1.17 bits per heavy atom. The van der Waals surface area contributed by atoms with Crippen LogP contribution >= 0.6 is 11.6 Å². The molecule has 0 radical (unpaired) electrons. The third-order valence-electron chi connectivity index (χ3n) is 3.47. The summed E-state index contributed by atoms with van der Waals surface area (Å²) in [6.07, 6.45) is 0.427. The second-order valence-electron chi connectivity index (χ2n) is 4.92. The van der Waals surface area contributed by atoms with Gasteiger partial charge in [0, 0.05) is 37.9 Å². The van der Waals surface area contributed by atoms with E-state index in [-0.39, 0.29) is 43.5 Å². The first-order valence-corrected chi connectivity index (χ1v) is 7.38. The van der Waals surface area contributed by atoms with Crippen molar-refractivity contribution in [3.8, 4) is 11.5 Å². The molecule has 3 amide bonds. The van der Waals surface area contributed by atoms with E-state index in [1.54, 1.807) is 6.07 Å². The molecule has 1 aliphatic heterocycles. The standard InChI is InChI=1S/C15H17ClN2O5/c1-22-11-8-10(12(23-2)7-9(11)16)17-13(19)5-6-18-14(20)3-4-15(18)21/h7-8H,3-6H2,1-2H3,(H,17,19). The minimum atomic E-state index is -0.347. The van der Waals surface area contributed by atoms with Gasteiger partial charge < -0.3 is 14.8 Å². The number of nitrogens with zero attached hydrogens (tertiary/aromatic N) is 1. The fourth-order valence-corrected chi connectivity index (χ4v) is 2.49. The van der Waals surface area contributed by atoms with Gasteiger partial charge in [-0.3, -0.25) is 19.3 Å². The molecule has 0 bridgehead atoms. The summed E-state index contributed by atoms with van der Waals surface area (Å²) < 4.78 is 10.3. The highest BCUT2D eigenvalue weighted by Gasteiger charge is 2.28. The lowest BCUT2D eigenvalue weighted by Gasteiger charge is -2.15. The van der Waals surface area contributed by atoms with Crippen LogP contribution in [0.15, 0.2) is 12.1 Å². The predicted octanol–water partition coefficient (Wildman–Crippen LogP) is 1.83. The molecule has 23 heavy (non-hydrogen) atoms. The zero-order valence-electron chi connectivity index (χ0n) is 12.8. The second kappa shape index (κ2) is 7.32. The normalized spacial score (nSPS) is 14.1. The molecule has 1 aliphatic rings. The fraction of sp³-hybridized carbons (Fsp3) is 0.400. The average molecular weight is 341 g/mol. The van der Waals surface area contributed by atoms with E-state index >= 15 is 0 Å². The quantitative estimate of drug-likeness (QED) is 0.799. The highest BCUT2D eigenvalue weighted by Crippen LogP contribution is 2.35. The van der Waals surface area contributed by atoms with E-state index in [1.807, 2.05) is 0 Å². The molecule has 1 aromatic carbocycles. The molecule has 7 nitrogen and oxygen atoms in total. The van der Waals surface area contributed by atoms with Crippen molar-refractivity contribution in [1.82, 2.24) is 4.90 Å². The van der Waals surface area contributed by atoms with Crippen molar-refractivity contribution in [3.05, 3.63) is 17.2 Å². The van der Waals surface area contributed by atoms with Gasteiger partial charge in [0.05, 0.1) is 24.9 Å². The number of halogens is 1. The van der Waals surface area contributed by atoms with Crippen molar-refractivity contribution in [3.63, 3.8) is 0 Å². The number of methoxy groups -OCH3 is 2. The SMILES string of the molecule is COc1cc(NC(=O)CCN2C(=O)CCC2=O)c(OC)cc1Cl. The third kappa shape index (κ3) is 3.92. The fourth-order valence-electron chi connectivity index (χ4n) is 2.26.